The summed E-state index contributed by atoms with van der Waals surface area (Å²) in [6, 6.07) is 0. The summed E-state index contributed by atoms with van der Waals surface area (Å²) >= 11 is 0. The van der Waals surface area contributed by atoms with E-state index in [1.807, 2.05) is 4.90 Å². The number of likely N-dealkylation sites (tertiary alicyclic amines) is 1. The van der Waals surface area contributed by atoms with Gasteiger partial charge in [0.1, 0.15) is 0 Å². The third-order valence-electron chi connectivity index (χ3n) is 2.66. The van der Waals surface area contributed by atoms with Crippen molar-refractivity contribution in [3.63, 3.8) is 0 Å². The summed E-state index contributed by atoms with van der Waals surface area (Å²) in [5, 5.41) is 9.27. The van der Waals surface area contributed by atoms with Gasteiger partial charge in [-0.25, -0.2) is 0 Å². The van der Waals surface area contributed by atoms with Gasteiger partial charge in [-0.2, -0.15) is 0 Å². The first-order chi connectivity index (χ1) is 6.74. The lowest BCUT2D eigenvalue weighted by Crippen LogP contribution is -2.39. The molecule has 0 spiro atoms. The minimum Gasteiger partial charge on any atom is -0.393 e. The van der Waals surface area contributed by atoms with Crippen molar-refractivity contribution in [2.75, 3.05) is 19.6 Å². The van der Waals surface area contributed by atoms with Crippen LogP contribution in [0.3, 0.4) is 0 Å². The molecular formula is C10H20N2O2. The van der Waals surface area contributed by atoms with Crippen molar-refractivity contribution < 1.29 is 9.90 Å². The van der Waals surface area contributed by atoms with Gasteiger partial charge in [0.15, 0.2) is 0 Å². The van der Waals surface area contributed by atoms with Crippen LogP contribution in [0.15, 0.2) is 0 Å². The number of rotatable bonds is 4. The Morgan fingerprint density at radius 1 is 1.36 bits per heavy atom. The number of unbranched alkanes of at least 4 members (excludes halogenated alkanes) is 1. The van der Waals surface area contributed by atoms with E-state index in [1.54, 1.807) is 0 Å². The molecule has 0 bridgehead atoms. The third kappa shape index (κ3) is 3.64. The average molecular weight is 200 g/mol. The van der Waals surface area contributed by atoms with Crippen LogP contribution in [0, 0.1) is 0 Å². The molecule has 0 aliphatic carbocycles. The highest BCUT2D eigenvalue weighted by molar-refractivity contribution is 5.76. The summed E-state index contributed by atoms with van der Waals surface area (Å²) < 4.78 is 0. The van der Waals surface area contributed by atoms with Gasteiger partial charge in [-0.1, -0.05) is 0 Å². The Balaban J connectivity index is 2.17. The zero-order valence-electron chi connectivity index (χ0n) is 8.61. The number of aliphatic hydroxyl groups is 1. The highest BCUT2D eigenvalue weighted by Gasteiger charge is 2.20. The normalized spacial score (nSPS) is 18.6. The van der Waals surface area contributed by atoms with Crippen molar-refractivity contribution >= 4 is 5.91 Å². The molecule has 4 heteroatoms. The third-order valence-corrected chi connectivity index (χ3v) is 2.66. The van der Waals surface area contributed by atoms with Crippen LogP contribution in [-0.2, 0) is 4.79 Å². The van der Waals surface area contributed by atoms with E-state index in [9.17, 15) is 9.90 Å². The number of hydrogen-bond acceptors (Lipinski definition) is 3. The minimum absolute atomic E-state index is 0.205. The summed E-state index contributed by atoms with van der Waals surface area (Å²) in [6.07, 6.45) is 3.65. The van der Waals surface area contributed by atoms with Crippen LogP contribution < -0.4 is 5.73 Å². The van der Waals surface area contributed by atoms with Crippen molar-refractivity contribution in [2.24, 2.45) is 5.73 Å². The van der Waals surface area contributed by atoms with Gasteiger partial charge in [-0.3, -0.25) is 4.79 Å². The number of amides is 1. The van der Waals surface area contributed by atoms with Gasteiger partial charge < -0.3 is 15.7 Å². The zero-order valence-corrected chi connectivity index (χ0v) is 8.61. The van der Waals surface area contributed by atoms with Crippen molar-refractivity contribution in [1.82, 2.24) is 4.90 Å². The second-order valence-electron chi connectivity index (χ2n) is 3.86. The van der Waals surface area contributed by atoms with Crippen LogP contribution in [0.2, 0.25) is 0 Å². The highest BCUT2D eigenvalue weighted by Crippen LogP contribution is 2.11. The molecule has 82 valence electrons. The van der Waals surface area contributed by atoms with E-state index in [4.69, 9.17) is 5.73 Å². The molecule has 0 aromatic heterocycles. The van der Waals surface area contributed by atoms with Gasteiger partial charge in [0.2, 0.25) is 5.91 Å². The van der Waals surface area contributed by atoms with E-state index in [2.05, 4.69) is 0 Å². The molecular weight excluding hydrogens is 180 g/mol. The molecule has 0 aromatic rings. The van der Waals surface area contributed by atoms with E-state index >= 15 is 0 Å². The molecule has 0 atom stereocenters. The van der Waals surface area contributed by atoms with Crippen molar-refractivity contribution in [3.05, 3.63) is 0 Å². The molecule has 0 radical (unpaired) electrons. The van der Waals surface area contributed by atoms with Gasteiger partial charge in [-0.05, 0) is 32.2 Å². The van der Waals surface area contributed by atoms with Gasteiger partial charge >= 0.3 is 0 Å². The number of piperidine rings is 1. The molecule has 1 aliphatic heterocycles. The summed E-state index contributed by atoms with van der Waals surface area (Å²) in [5.41, 5.74) is 5.35. The minimum atomic E-state index is -0.205. The smallest absolute Gasteiger partial charge is 0.222 e. The number of hydrogen-bond donors (Lipinski definition) is 2. The molecule has 1 saturated heterocycles. The standard InChI is InChI=1S/C10H20N2O2/c11-6-2-1-3-10(14)12-7-4-9(13)5-8-12/h9,13H,1-8,11H2. The van der Waals surface area contributed by atoms with E-state index in [0.717, 1.165) is 25.7 Å². The maximum atomic E-state index is 11.6. The van der Waals surface area contributed by atoms with Crippen molar-refractivity contribution in [3.8, 4) is 0 Å². The number of nitrogens with two attached hydrogens (primary N) is 1. The van der Waals surface area contributed by atoms with E-state index in [0.29, 0.717) is 26.1 Å². The van der Waals surface area contributed by atoms with Crippen LogP contribution in [0.4, 0.5) is 0 Å². The van der Waals surface area contributed by atoms with E-state index in [-0.39, 0.29) is 12.0 Å². The summed E-state index contributed by atoms with van der Waals surface area (Å²) in [7, 11) is 0. The summed E-state index contributed by atoms with van der Waals surface area (Å²) in [5.74, 6) is 0.213. The predicted molar refractivity (Wildman–Crippen MR) is 54.7 cm³/mol. The maximum absolute atomic E-state index is 11.6. The summed E-state index contributed by atoms with van der Waals surface area (Å²) in [4.78, 5) is 13.4. The first kappa shape index (κ1) is 11.5. The molecule has 1 heterocycles. The van der Waals surface area contributed by atoms with Crippen LogP contribution in [0.5, 0.6) is 0 Å². The Morgan fingerprint density at radius 3 is 2.57 bits per heavy atom. The second kappa shape index (κ2) is 5.98. The maximum Gasteiger partial charge on any atom is 0.222 e. The van der Waals surface area contributed by atoms with Gasteiger partial charge in [-0.15, -0.1) is 0 Å². The Morgan fingerprint density at radius 2 is 2.00 bits per heavy atom. The number of carbonyl (C=O) groups is 1. The predicted octanol–water partition coefficient (Wildman–Crippen LogP) is 0.0987. The fraction of sp³-hybridized carbons (Fsp3) is 0.900. The van der Waals surface area contributed by atoms with Crippen molar-refractivity contribution in [2.45, 2.75) is 38.2 Å². The highest BCUT2D eigenvalue weighted by atomic mass is 16.3. The molecule has 14 heavy (non-hydrogen) atoms. The van der Waals surface area contributed by atoms with Gasteiger partial charge in [0.25, 0.3) is 0 Å². The van der Waals surface area contributed by atoms with Crippen molar-refractivity contribution in [1.29, 1.82) is 0 Å². The molecule has 1 fully saturated rings. The lowest BCUT2D eigenvalue weighted by molar-refractivity contribution is -0.133. The molecule has 3 N–H and O–H groups in total. The lowest BCUT2D eigenvalue weighted by Gasteiger charge is -2.29. The Bertz CT molecular complexity index is 177. The molecule has 1 amide bonds. The van der Waals surface area contributed by atoms with Crippen LogP contribution in [0.25, 0.3) is 0 Å². The van der Waals surface area contributed by atoms with Crippen LogP contribution in [-0.4, -0.2) is 41.7 Å². The monoisotopic (exact) mass is 200 g/mol. The fourth-order valence-corrected chi connectivity index (χ4v) is 1.69. The molecule has 0 aromatic carbocycles. The Hall–Kier alpha value is -0.610. The molecule has 4 nitrogen and oxygen atoms in total. The van der Waals surface area contributed by atoms with E-state index in [1.165, 1.54) is 0 Å². The van der Waals surface area contributed by atoms with Gasteiger partial charge in [0, 0.05) is 19.5 Å². The first-order valence-electron chi connectivity index (χ1n) is 5.40. The largest absolute Gasteiger partial charge is 0.393 e. The van der Waals surface area contributed by atoms with E-state index < -0.39 is 0 Å². The second-order valence-corrected chi connectivity index (χ2v) is 3.86. The summed E-state index contributed by atoms with van der Waals surface area (Å²) in [6.45, 7) is 2.08. The first-order valence-corrected chi connectivity index (χ1v) is 5.40. The molecule has 0 unspecified atom stereocenters. The Labute approximate surface area is 85.1 Å². The quantitative estimate of drug-likeness (QED) is 0.632. The molecule has 0 saturated carbocycles. The molecule has 1 aliphatic rings. The SMILES string of the molecule is NCCCCC(=O)N1CCC(O)CC1. The zero-order chi connectivity index (χ0) is 10.4. The van der Waals surface area contributed by atoms with Crippen LogP contribution in [0.1, 0.15) is 32.1 Å². The molecule has 1 rings (SSSR count). The topological polar surface area (TPSA) is 66.6 Å². The van der Waals surface area contributed by atoms with Crippen LogP contribution >= 0.6 is 0 Å². The Kier molecular flexibility index (Phi) is 4.90. The van der Waals surface area contributed by atoms with Gasteiger partial charge in [0.05, 0.1) is 6.10 Å². The average Bonchev–Trinajstić information content (AvgIpc) is 2.19. The number of carbonyl (C=O) groups excluding carboxylic acids is 1. The lowest BCUT2D eigenvalue weighted by atomic mass is 10.1. The number of nitrogens with zero attached hydrogens (tertiary/aromatic N) is 1. The number of aliphatic hydroxyl groups excluding tert-OH is 1. The fourth-order valence-electron chi connectivity index (χ4n) is 1.69.